The van der Waals surface area contributed by atoms with Gasteiger partial charge >= 0.3 is 11.9 Å². The third-order valence-corrected chi connectivity index (χ3v) is 3.98. The molecular weight excluding hydrogens is 368 g/mol. The predicted molar refractivity (Wildman–Crippen MR) is 102 cm³/mol. The number of ether oxygens (including phenoxy) is 2. The molecule has 0 aliphatic rings. The Labute approximate surface area is 161 Å². The first-order valence-electron chi connectivity index (χ1n) is 8.17. The number of esters is 2. The van der Waals surface area contributed by atoms with E-state index in [1.54, 1.807) is 62.7 Å². The maximum Gasteiger partial charge on any atom is 0.341 e. The first-order valence-corrected chi connectivity index (χ1v) is 9.40. The summed E-state index contributed by atoms with van der Waals surface area (Å²) in [5, 5.41) is 3.13. The number of aromatic nitrogens is 1. The Hall–Kier alpha value is -2.87. The molecule has 7 nitrogen and oxygen atoms in total. The highest BCUT2D eigenvalue weighted by Gasteiger charge is 2.15. The average molecular weight is 388 g/mol. The van der Waals surface area contributed by atoms with E-state index in [1.807, 2.05) is 0 Å². The average Bonchev–Trinajstić information content (AvgIpc) is 2.66. The van der Waals surface area contributed by atoms with E-state index in [1.165, 1.54) is 11.8 Å². The molecule has 27 heavy (non-hydrogen) atoms. The van der Waals surface area contributed by atoms with Crippen LogP contribution in [0.5, 0.6) is 0 Å². The molecule has 0 saturated carbocycles. The van der Waals surface area contributed by atoms with Crippen molar-refractivity contribution in [1.29, 1.82) is 0 Å². The topological polar surface area (TPSA) is 94.6 Å². The summed E-state index contributed by atoms with van der Waals surface area (Å²) in [5.41, 5.74) is 1.17. The molecule has 0 spiro atoms. The second-order valence-corrected chi connectivity index (χ2v) is 6.51. The van der Waals surface area contributed by atoms with Crippen molar-refractivity contribution in [1.82, 2.24) is 4.98 Å². The molecule has 1 aromatic heterocycles. The maximum atomic E-state index is 12.1. The van der Waals surface area contributed by atoms with Crippen molar-refractivity contribution >= 4 is 35.3 Å². The van der Waals surface area contributed by atoms with Crippen molar-refractivity contribution in [2.45, 2.75) is 25.0 Å². The SMILES string of the molecule is CSc1ncccc1C(=O)OCC(=O)Nc1ccc(C(=O)OC(C)C)cc1. The normalized spacial score (nSPS) is 10.4. The van der Waals surface area contributed by atoms with E-state index < -0.39 is 24.5 Å². The molecule has 1 N–H and O–H groups in total. The van der Waals surface area contributed by atoms with Crippen LogP contribution >= 0.6 is 11.8 Å². The van der Waals surface area contributed by atoms with Crippen LogP contribution in [0.4, 0.5) is 5.69 Å². The van der Waals surface area contributed by atoms with Crippen LogP contribution in [0, 0.1) is 0 Å². The first kappa shape index (κ1) is 20.4. The van der Waals surface area contributed by atoms with Crippen LogP contribution in [0.1, 0.15) is 34.6 Å². The minimum atomic E-state index is -0.616. The number of hydrogen-bond donors (Lipinski definition) is 1. The molecule has 0 unspecified atom stereocenters. The number of carbonyl (C=O) groups is 3. The molecule has 2 aromatic rings. The third kappa shape index (κ3) is 6.10. The molecule has 0 aliphatic heterocycles. The Kier molecular flexibility index (Phi) is 7.36. The van der Waals surface area contributed by atoms with E-state index in [9.17, 15) is 14.4 Å². The van der Waals surface area contributed by atoms with Crippen molar-refractivity contribution in [2.24, 2.45) is 0 Å². The summed E-state index contributed by atoms with van der Waals surface area (Å²) in [7, 11) is 0. The van der Waals surface area contributed by atoms with Gasteiger partial charge in [-0.15, -0.1) is 11.8 Å². The smallest absolute Gasteiger partial charge is 0.341 e. The standard InChI is InChI=1S/C19H20N2O5S/c1-12(2)26-18(23)13-6-8-14(9-7-13)21-16(22)11-25-19(24)15-5-4-10-20-17(15)27-3/h4-10,12H,11H2,1-3H3,(H,21,22). The number of thioether (sulfide) groups is 1. The quantitative estimate of drug-likeness (QED) is 0.575. The number of anilines is 1. The lowest BCUT2D eigenvalue weighted by Crippen LogP contribution is -2.21. The van der Waals surface area contributed by atoms with Crippen LogP contribution in [0.25, 0.3) is 0 Å². The zero-order valence-corrected chi connectivity index (χ0v) is 16.0. The fourth-order valence-electron chi connectivity index (χ4n) is 2.09. The monoisotopic (exact) mass is 388 g/mol. The van der Waals surface area contributed by atoms with Gasteiger partial charge in [-0.25, -0.2) is 14.6 Å². The van der Waals surface area contributed by atoms with Gasteiger partial charge in [0.15, 0.2) is 6.61 Å². The Morgan fingerprint density at radius 2 is 1.81 bits per heavy atom. The summed E-state index contributed by atoms with van der Waals surface area (Å²) in [6.45, 7) is 3.10. The maximum absolute atomic E-state index is 12.1. The molecule has 0 aliphatic carbocycles. The third-order valence-electron chi connectivity index (χ3n) is 3.27. The fraction of sp³-hybridized carbons (Fsp3) is 0.263. The number of nitrogens with one attached hydrogen (secondary N) is 1. The van der Waals surface area contributed by atoms with Gasteiger partial charge in [-0.2, -0.15) is 0 Å². The molecule has 0 atom stereocenters. The number of nitrogens with zero attached hydrogens (tertiary/aromatic N) is 1. The Morgan fingerprint density at radius 3 is 2.44 bits per heavy atom. The summed E-state index contributed by atoms with van der Waals surface area (Å²) >= 11 is 1.32. The molecule has 8 heteroatoms. The van der Waals surface area contributed by atoms with Crippen LogP contribution in [0.3, 0.4) is 0 Å². The van der Waals surface area contributed by atoms with E-state index in [4.69, 9.17) is 9.47 Å². The molecule has 1 heterocycles. The minimum Gasteiger partial charge on any atom is -0.459 e. The van der Waals surface area contributed by atoms with Gasteiger partial charge < -0.3 is 14.8 Å². The van der Waals surface area contributed by atoms with Crippen LogP contribution in [0.2, 0.25) is 0 Å². The number of rotatable bonds is 7. The lowest BCUT2D eigenvalue weighted by atomic mass is 10.2. The number of pyridine rings is 1. The number of carbonyl (C=O) groups excluding carboxylic acids is 3. The lowest BCUT2D eigenvalue weighted by molar-refractivity contribution is -0.119. The summed E-state index contributed by atoms with van der Waals surface area (Å²) in [5.74, 6) is -1.54. The second-order valence-electron chi connectivity index (χ2n) is 5.72. The van der Waals surface area contributed by atoms with E-state index >= 15 is 0 Å². The summed E-state index contributed by atoms with van der Waals surface area (Å²) < 4.78 is 10.1. The summed E-state index contributed by atoms with van der Waals surface area (Å²) in [6.07, 6.45) is 3.17. The molecule has 1 amide bonds. The Bertz CT molecular complexity index is 821. The molecule has 2 rings (SSSR count). The highest BCUT2D eigenvalue weighted by atomic mass is 32.2. The number of hydrogen-bond acceptors (Lipinski definition) is 7. The van der Waals surface area contributed by atoms with E-state index in [-0.39, 0.29) is 6.10 Å². The van der Waals surface area contributed by atoms with Crippen LogP contribution in [-0.2, 0) is 14.3 Å². The van der Waals surface area contributed by atoms with Gasteiger partial charge in [0.25, 0.3) is 5.91 Å². The molecular formula is C19H20N2O5S. The van der Waals surface area contributed by atoms with Crippen molar-refractivity contribution in [3.05, 3.63) is 53.7 Å². The van der Waals surface area contributed by atoms with E-state index in [0.29, 0.717) is 21.8 Å². The molecule has 0 bridgehead atoms. The van der Waals surface area contributed by atoms with Gasteiger partial charge in [0.2, 0.25) is 0 Å². The molecule has 142 valence electrons. The van der Waals surface area contributed by atoms with Crippen LogP contribution in [-0.4, -0.2) is 41.8 Å². The Balaban J connectivity index is 1.88. The van der Waals surface area contributed by atoms with Crippen LogP contribution < -0.4 is 5.32 Å². The predicted octanol–water partition coefficient (Wildman–Crippen LogP) is 3.16. The first-order chi connectivity index (χ1) is 12.9. The summed E-state index contributed by atoms with van der Waals surface area (Å²) in [4.78, 5) is 39.9. The van der Waals surface area contributed by atoms with Crippen molar-refractivity contribution in [2.75, 3.05) is 18.2 Å². The van der Waals surface area contributed by atoms with E-state index in [2.05, 4.69) is 10.3 Å². The van der Waals surface area contributed by atoms with Crippen LogP contribution in [0.15, 0.2) is 47.6 Å². The largest absolute Gasteiger partial charge is 0.459 e. The number of benzene rings is 1. The molecule has 0 radical (unpaired) electrons. The van der Waals surface area contributed by atoms with Crippen molar-refractivity contribution < 1.29 is 23.9 Å². The van der Waals surface area contributed by atoms with Gasteiger partial charge in [0.1, 0.15) is 5.03 Å². The zero-order valence-electron chi connectivity index (χ0n) is 15.2. The fourth-order valence-corrected chi connectivity index (χ4v) is 2.62. The van der Waals surface area contributed by atoms with Gasteiger partial charge in [0, 0.05) is 11.9 Å². The highest BCUT2D eigenvalue weighted by Crippen LogP contribution is 2.17. The molecule has 1 aromatic carbocycles. The van der Waals surface area contributed by atoms with Crippen molar-refractivity contribution in [3.8, 4) is 0 Å². The van der Waals surface area contributed by atoms with Gasteiger partial charge in [-0.3, -0.25) is 4.79 Å². The van der Waals surface area contributed by atoms with E-state index in [0.717, 1.165) is 0 Å². The Morgan fingerprint density at radius 1 is 1.11 bits per heavy atom. The second kappa shape index (κ2) is 9.72. The van der Waals surface area contributed by atoms with Crippen molar-refractivity contribution in [3.63, 3.8) is 0 Å². The molecule has 0 saturated heterocycles. The molecule has 0 fully saturated rings. The minimum absolute atomic E-state index is 0.210. The zero-order chi connectivity index (χ0) is 19.8. The van der Waals surface area contributed by atoms with Gasteiger partial charge in [-0.1, -0.05) is 0 Å². The highest BCUT2D eigenvalue weighted by molar-refractivity contribution is 7.98. The number of amides is 1. The lowest BCUT2D eigenvalue weighted by Gasteiger charge is -2.10. The van der Waals surface area contributed by atoms with Gasteiger partial charge in [0.05, 0.1) is 17.2 Å². The summed E-state index contributed by atoms with van der Waals surface area (Å²) in [6, 6.07) is 9.46. The van der Waals surface area contributed by atoms with Gasteiger partial charge in [-0.05, 0) is 56.5 Å².